The van der Waals surface area contributed by atoms with Gasteiger partial charge in [0, 0.05) is 12.5 Å². The Labute approximate surface area is 120 Å². The molecule has 1 unspecified atom stereocenters. The van der Waals surface area contributed by atoms with Crippen LogP contribution in [0.25, 0.3) is 0 Å². The van der Waals surface area contributed by atoms with Crippen molar-refractivity contribution in [3.05, 3.63) is 22.2 Å². The van der Waals surface area contributed by atoms with Crippen molar-refractivity contribution in [2.24, 2.45) is 5.73 Å². The van der Waals surface area contributed by atoms with Crippen LogP contribution >= 0.6 is 15.9 Å². The van der Waals surface area contributed by atoms with Crippen molar-refractivity contribution in [1.29, 1.82) is 0 Å². The lowest BCUT2D eigenvalue weighted by Gasteiger charge is -2.13. The van der Waals surface area contributed by atoms with Gasteiger partial charge in [-0.3, -0.25) is 4.79 Å². The molecule has 1 aromatic rings. The highest BCUT2D eigenvalue weighted by Crippen LogP contribution is 2.35. The van der Waals surface area contributed by atoms with E-state index in [4.69, 9.17) is 10.5 Å². The normalized spacial score (nSPS) is 12.0. The van der Waals surface area contributed by atoms with Gasteiger partial charge in [0.15, 0.2) is 11.5 Å². The summed E-state index contributed by atoms with van der Waals surface area (Å²) in [5.74, 6) is 0.193. The lowest BCUT2D eigenvalue weighted by molar-refractivity contribution is -0.140. The molecule has 19 heavy (non-hydrogen) atoms. The van der Waals surface area contributed by atoms with Crippen LogP contribution in [-0.2, 0) is 16.0 Å². The SMILES string of the molecule is COC(=O)CCC(N)Cc1cc(Br)c(O)c(OC)c1. The molecule has 0 saturated heterocycles. The van der Waals surface area contributed by atoms with Gasteiger partial charge >= 0.3 is 5.97 Å². The maximum Gasteiger partial charge on any atom is 0.305 e. The molecule has 0 aliphatic heterocycles. The quantitative estimate of drug-likeness (QED) is 0.779. The fourth-order valence-electron chi connectivity index (χ4n) is 1.71. The molecule has 1 atom stereocenters. The van der Waals surface area contributed by atoms with E-state index in [1.807, 2.05) is 0 Å². The maximum atomic E-state index is 11.0. The van der Waals surface area contributed by atoms with Crippen LogP contribution in [0.15, 0.2) is 16.6 Å². The third-order valence-corrected chi connectivity index (χ3v) is 3.36. The number of nitrogens with two attached hydrogens (primary N) is 1. The van der Waals surface area contributed by atoms with Crippen molar-refractivity contribution in [2.75, 3.05) is 14.2 Å². The Morgan fingerprint density at radius 3 is 2.74 bits per heavy atom. The van der Waals surface area contributed by atoms with E-state index in [0.29, 0.717) is 29.5 Å². The van der Waals surface area contributed by atoms with Crippen molar-refractivity contribution in [1.82, 2.24) is 0 Å². The van der Waals surface area contributed by atoms with Crippen LogP contribution in [0, 0.1) is 0 Å². The number of hydrogen-bond acceptors (Lipinski definition) is 5. The lowest BCUT2D eigenvalue weighted by atomic mass is 10.0. The van der Waals surface area contributed by atoms with Crippen LogP contribution in [-0.4, -0.2) is 31.3 Å². The highest BCUT2D eigenvalue weighted by molar-refractivity contribution is 9.10. The van der Waals surface area contributed by atoms with E-state index in [2.05, 4.69) is 20.7 Å². The minimum Gasteiger partial charge on any atom is -0.503 e. The van der Waals surface area contributed by atoms with Crippen molar-refractivity contribution in [3.8, 4) is 11.5 Å². The zero-order valence-electron chi connectivity index (χ0n) is 11.0. The van der Waals surface area contributed by atoms with Gasteiger partial charge in [0.1, 0.15) is 0 Å². The zero-order chi connectivity index (χ0) is 14.4. The molecule has 1 aromatic carbocycles. The molecule has 0 saturated carbocycles. The van der Waals surface area contributed by atoms with E-state index in [-0.39, 0.29) is 17.8 Å². The number of phenols is 1. The Balaban J connectivity index is 2.66. The number of carbonyl (C=O) groups is 1. The summed E-state index contributed by atoms with van der Waals surface area (Å²) >= 11 is 3.26. The monoisotopic (exact) mass is 331 g/mol. The topological polar surface area (TPSA) is 81.8 Å². The van der Waals surface area contributed by atoms with Crippen LogP contribution in [0.4, 0.5) is 0 Å². The summed E-state index contributed by atoms with van der Waals surface area (Å²) in [6.45, 7) is 0. The first kappa shape index (κ1) is 15.8. The number of methoxy groups -OCH3 is 2. The molecule has 3 N–H and O–H groups in total. The van der Waals surface area contributed by atoms with Crippen molar-refractivity contribution in [3.63, 3.8) is 0 Å². The number of rotatable bonds is 6. The number of hydrogen-bond donors (Lipinski definition) is 2. The smallest absolute Gasteiger partial charge is 0.305 e. The van der Waals surface area contributed by atoms with Crippen LogP contribution < -0.4 is 10.5 Å². The molecule has 0 spiro atoms. The standard InChI is InChI=1S/C13H18BrNO4/c1-18-11-7-8(6-10(14)13(11)17)5-9(15)3-4-12(16)19-2/h6-7,9,17H,3-5,15H2,1-2H3. The summed E-state index contributed by atoms with van der Waals surface area (Å²) in [5, 5.41) is 9.70. The second-order valence-corrected chi connectivity index (χ2v) is 5.06. The highest BCUT2D eigenvalue weighted by atomic mass is 79.9. The van der Waals surface area contributed by atoms with Gasteiger partial charge in [0.2, 0.25) is 0 Å². The van der Waals surface area contributed by atoms with Crippen LogP contribution in [0.5, 0.6) is 11.5 Å². The summed E-state index contributed by atoms with van der Waals surface area (Å²) in [4.78, 5) is 11.0. The molecule has 6 heteroatoms. The number of halogens is 1. The Morgan fingerprint density at radius 1 is 1.47 bits per heavy atom. The first-order valence-electron chi connectivity index (χ1n) is 5.85. The number of esters is 1. The Bertz CT molecular complexity index is 451. The van der Waals surface area contributed by atoms with E-state index >= 15 is 0 Å². The van der Waals surface area contributed by atoms with Crippen LogP contribution in [0.2, 0.25) is 0 Å². The number of ether oxygens (including phenoxy) is 2. The van der Waals surface area contributed by atoms with E-state index in [1.165, 1.54) is 14.2 Å². The van der Waals surface area contributed by atoms with E-state index < -0.39 is 0 Å². The average Bonchev–Trinajstić information content (AvgIpc) is 2.39. The number of benzene rings is 1. The molecule has 0 bridgehead atoms. The second kappa shape index (κ2) is 7.35. The van der Waals surface area contributed by atoms with Crippen molar-refractivity contribution >= 4 is 21.9 Å². The van der Waals surface area contributed by atoms with Crippen LogP contribution in [0.1, 0.15) is 18.4 Å². The molecule has 0 amide bonds. The van der Waals surface area contributed by atoms with Gasteiger partial charge in [-0.15, -0.1) is 0 Å². The third-order valence-electron chi connectivity index (χ3n) is 2.75. The molecule has 0 heterocycles. The second-order valence-electron chi connectivity index (χ2n) is 4.21. The first-order valence-corrected chi connectivity index (χ1v) is 6.65. The van der Waals surface area contributed by atoms with E-state index in [1.54, 1.807) is 12.1 Å². The molecule has 0 aliphatic rings. The summed E-state index contributed by atoms with van der Waals surface area (Å²) < 4.78 is 10.2. The number of aromatic hydroxyl groups is 1. The molecule has 5 nitrogen and oxygen atoms in total. The molecule has 0 radical (unpaired) electrons. The molecular weight excluding hydrogens is 314 g/mol. The van der Waals surface area contributed by atoms with Gasteiger partial charge in [-0.25, -0.2) is 0 Å². The van der Waals surface area contributed by atoms with Gasteiger partial charge in [-0.1, -0.05) is 0 Å². The van der Waals surface area contributed by atoms with Gasteiger partial charge in [0.05, 0.1) is 18.7 Å². The number of carbonyl (C=O) groups excluding carboxylic acids is 1. The summed E-state index contributed by atoms with van der Waals surface area (Å²) in [6.07, 6.45) is 1.44. The van der Waals surface area contributed by atoms with E-state index in [9.17, 15) is 9.90 Å². The van der Waals surface area contributed by atoms with Gasteiger partial charge in [-0.05, 0) is 46.5 Å². The van der Waals surface area contributed by atoms with Gasteiger partial charge in [0.25, 0.3) is 0 Å². The molecule has 0 aromatic heterocycles. The molecule has 0 fully saturated rings. The molecular formula is C13H18BrNO4. The average molecular weight is 332 g/mol. The molecule has 1 rings (SSSR count). The van der Waals surface area contributed by atoms with Gasteiger partial charge in [-0.2, -0.15) is 0 Å². The van der Waals surface area contributed by atoms with Crippen LogP contribution in [0.3, 0.4) is 0 Å². The minimum atomic E-state index is -0.264. The summed E-state index contributed by atoms with van der Waals surface area (Å²) in [5.41, 5.74) is 6.89. The number of phenolic OH excluding ortho intramolecular Hbond substituents is 1. The minimum absolute atomic E-state index is 0.0642. The molecule has 106 valence electrons. The van der Waals surface area contributed by atoms with E-state index in [0.717, 1.165) is 5.56 Å². The Hall–Kier alpha value is -1.27. The molecule has 0 aliphatic carbocycles. The highest BCUT2D eigenvalue weighted by Gasteiger charge is 2.12. The lowest BCUT2D eigenvalue weighted by Crippen LogP contribution is -2.24. The maximum absolute atomic E-state index is 11.0. The zero-order valence-corrected chi connectivity index (χ0v) is 12.6. The summed E-state index contributed by atoms with van der Waals surface area (Å²) in [7, 11) is 2.85. The summed E-state index contributed by atoms with van der Waals surface area (Å²) in [6, 6.07) is 3.37. The predicted molar refractivity (Wildman–Crippen MR) is 75.3 cm³/mol. The van der Waals surface area contributed by atoms with Crippen molar-refractivity contribution in [2.45, 2.75) is 25.3 Å². The Kier molecular flexibility index (Phi) is 6.11. The van der Waals surface area contributed by atoms with Crippen molar-refractivity contribution < 1.29 is 19.4 Å². The first-order chi connectivity index (χ1) is 8.97. The predicted octanol–water partition coefficient (Wildman–Crippen LogP) is 1.99. The fraction of sp³-hybridized carbons (Fsp3) is 0.462. The fourth-order valence-corrected chi connectivity index (χ4v) is 2.20. The van der Waals surface area contributed by atoms with Gasteiger partial charge < -0.3 is 20.3 Å². The Morgan fingerprint density at radius 2 is 2.16 bits per heavy atom. The largest absolute Gasteiger partial charge is 0.503 e. The third kappa shape index (κ3) is 4.72.